The summed E-state index contributed by atoms with van der Waals surface area (Å²) in [6.07, 6.45) is -0.204. The normalized spacial score (nSPS) is 31.9. The minimum Gasteiger partial charge on any atom is -0.409 e. The first-order chi connectivity index (χ1) is 11.0. The largest absolute Gasteiger partial charge is 0.409 e. The van der Waals surface area contributed by atoms with E-state index in [4.69, 9.17) is 9.16 Å². The fourth-order valence-electron chi connectivity index (χ4n) is 2.63. The highest BCUT2D eigenvalue weighted by Gasteiger charge is 2.47. The summed E-state index contributed by atoms with van der Waals surface area (Å²) in [5.74, 6) is -0.308. The molecule has 0 saturated carbocycles. The van der Waals surface area contributed by atoms with Crippen molar-refractivity contribution in [2.45, 2.75) is 77.0 Å². The molecule has 7 nitrogen and oxygen atoms in total. The fraction of sp³-hybridized carbons (Fsp3) is 0.812. The second-order valence-electron chi connectivity index (χ2n) is 8.09. The Hall–Kier alpha value is -0.933. The summed E-state index contributed by atoms with van der Waals surface area (Å²) >= 11 is 0. The quantitative estimate of drug-likeness (QED) is 0.652. The van der Waals surface area contributed by atoms with Crippen LogP contribution in [0.1, 0.15) is 34.1 Å². The van der Waals surface area contributed by atoms with Crippen molar-refractivity contribution in [1.29, 1.82) is 0 Å². The van der Waals surface area contributed by atoms with Gasteiger partial charge in [0, 0.05) is 18.2 Å². The Labute approximate surface area is 144 Å². The highest BCUT2D eigenvalue weighted by atomic mass is 28.4. The molecule has 1 saturated heterocycles. The molecule has 0 bridgehead atoms. The molecule has 0 aromatic rings. The van der Waals surface area contributed by atoms with E-state index < -0.39 is 20.9 Å². The van der Waals surface area contributed by atoms with E-state index in [1.165, 1.54) is 0 Å². The number of amides is 1. The van der Waals surface area contributed by atoms with Crippen molar-refractivity contribution < 1.29 is 24.2 Å². The zero-order valence-corrected chi connectivity index (χ0v) is 16.4. The van der Waals surface area contributed by atoms with Gasteiger partial charge in [-0.25, -0.2) is 0 Å². The number of hydrogen-bond acceptors (Lipinski definition) is 6. The van der Waals surface area contributed by atoms with E-state index in [0.29, 0.717) is 12.0 Å². The van der Waals surface area contributed by atoms with Gasteiger partial charge in [0.25, 0.3) is 5.91 Å². The first kappa shape index (κ1) is 19.4. The van der Waals surface area contributed by atoms with E-state index >= 15 is 0 Å². The second kappa shape index (κ2) is 6.76. The molecule has 0 radical (unpaired) electrons. The van der Waals surface area contributed by atoms with Gasteiger partial charge in [0.15, 0.2) is 14.5 Å². The maximum absolute atomic E-state index is 11.7. The molecule has 2 aliphatic heterocycles. The van der Waals surface area contributed by atoms with Gasteiger partial charge >= 0.3 is 0 Å². The van der Waals surface area contributed by atoms with Crippen LogP contribution in [0, 0.1) is 0 Å². The summed E-state index contributed by atoms with van der Waals surface area (Å²) in [4.78, 5) is 13.2. The number of nitrogens with one attached hydrogen (secondary N) is 1. The van der Waals surface area contributed by atoms with Crippen LogP contribution < -0.4 is 5.32 Å². The van der Waals surface area contributed by atoms with E-state index in [0.717, 1.165) is 0 Å². The molecule has 2 unspecified atom stereocenters. The van der Waals surface area contributed by atoms with Crippen LogP contribution in [0.5, 0.6) is 0 Å². The topological polar surface area (TPSA) is 91.3 Å². The van der Waals surface area contributed by atoms with Crippen LogP contribution in [-0.4, -0.2) is 60.7 Å². The van der Waals surface area contributed by atoms with Gasteiger partial charge in [0.1, 0.15) is 0 Å². The number of rotatable bonds is 4. The van der Waals surface area contributed by atoms with Gasteiger partial charge in [-0.2, -0.15) is 0 Å². The molecule has 4 atom stereocenters. The Morgan fingerprint density at radius 1 is 1.46 bits per heavy atom. The number of ether oxygens (including phenoxy) is 1. The third-order valence-corrected chi connectivity index (χ3v) is 9.64. The summed E-state index contributed by atoms with van der Waals surface area (Å²) in [6.45, 7) is 12.4. The number of hydrogen-bond donors (Lipinski definition) is 3. The van der Waals surface area contributed by atoms with E-state index in [9.17, 15) is 15.0 Å². The molecule has 0 spiro atoms. The molecular weight excluding hydrogens is 328 g/mol. The summed E-state index contributed by atoms with van der Waals surface area (Å²) in [5.41, 5.74) is 0.488. The number of nitrogens with zero attached hydrogens (tertiary/aromatic N) is 1. The van der Waals surface area contributed by atoms with Gasteiger partial charge in [0.05, 0.1) is 18.8 Å². The van der Waals surface area contributed by atoms with Crippen LogP contribution in [0.4, 0.5) is 0 Å². The highest BCUT2D eigenvalue weighted by molar-refractivity contribution is 6.74. The lowest BCUT2D eigenvalue weighted by atomic mass is 10.2. The lowest BCUT2D eigenvalue weighted by Crippen LogP contribution is -2.57. The highest BCUT2D eigenvalue weighted by Crippen LogP contribution is 2.40. The predicted molar refractivity (Wildman–Crippen MR) is 92.2 cm³/mol. The number of aliphatic hydroxyl groups is 2. The van der Waals surface area contributed by atoms with Crippen molar-refractivity contribution in [3.63, 3.8) is 0 Å². The average Bonchev–Trinajstić information content (AvgIpc) is 2.84. The maximum atomic E-state index is 11.7. The first-order valence-corrected chi connectivity index (χ1v) is 11.3. The summed E-state index contributed by atoms with van der Waals surface area (Å²) < 4.78 is 12.4. The number of aliphatic hydroxyl groups excluding tert-OH is 2. The molecule has 1 amide bonds. The van der Waals surface area contributed by atoms with Crippen LogP contribution in [0.3, 0.4) is 0 Å². The van der Waals surface area contributed by atoms with Crippen molar-refractivity contribution in [2.24, 2.45) is 0 Å². The average molecular weight is 359 g/mol. The Morgan fingerprint density at radius 3 is 2.62 bits per heavy atom. The third-order valence-electron chi connectivity index (χ3n) is 5.14. The SMILES string of the molecule is CC1=CN([C@@H]2O[C@H](CO)CC2O[Si](C)(C)C(C)(C)C)C(O)NC1=O. The van der Waals surface area contributed by atoms with Crippen molar-refractivity contribution in [3.05, 3.63) is 11.8 Å². The van der Waals surface area contributed by atoms with Crippen molar-refractivity contribution in [2.75, 3.05) is 6.61 Å². The van der Waals surface area contributed by atoms with Crippen LogP contribution in [0.25, 0.3) is 0 Å². The summed E-state index contributed by atoms with van der Waals surface area (Å²) in [7, 11) is -2.05. The van der Waals surface area contributed by atoms with E-state index in [-0.39, 0.29) is 29.8 Å². The summed E-state index contributed by atoms with van der Waals surface area (Å²) in [5, 5.41) is 22.2. The standard InChI is InChI=1S/C16H30N2O5Si/c1-10-8-18(15(21)17-13(10)20)14-12(7-11(9-19)22-14)23-24(5,6)16(2,3)4/h8,11-12,14-15,19,21H,7,9H2,1-6H3,(H,17,20)/t11-,12?,14+,15?/m0/s1. The molecule has 0 aromatic heterocycles. The molecule has 0 aromatic carbocycles. The molecule has 2 rings (SSSR count). The third kappa shape index (κ3) is 3.83. The number of carbonyl (C=O) groups excluding carboxylic acids is 1. The maximum Gasteiger partial charge on any atom is 0.251 e. The minimum atomic E-state index is -2.05. The Bertz CT molecular complexity index is 517. The lowest BCUT2D eigenvalue weighted by Gasteiger charge is -2.42. The fourth-order valence-corrected chi connectivity index (χ4v) is 3.95. The van der Waals surface area contributed by atoms with Gasteiger partial charge in [-0.1, -0.05) is 20.8 Å². The Morgan fingerprint density at radius 2 is 2.08 bits per heavy atom. The lowest BCUT2D eigenvalue weighted by molar-refractivity contribution is -0.153. The van der Waals surface area contributed by atoms with E-state index in [1.807, 2.05) is 0 Å². The van der Waals surface area contributed by atoms with Crippen LogP contribution in [0.15, 0.2) is 11.8 Å². The number of carbonyl (C=O) groups is 1. The summed E-state index contributed by atoms with van der Waals surface area (Å²) in [6, 6.07) is 0. The molecule has 2 aliphatic rings. The van der Waals surface area contributed by atoms with Gasteiger partial charge in [-0.05, 0) is 25.1 Å². The van der Waals surface area contributed by atoms with Crippen molar-refractivity contribution in [3.8, 4) is 0 Å². The molecule has 24 heavy (non-hydrogen) atoms. The molecule has 1 fully saturated rings. The Balaban J connectivity index is 2.24. The van der Waals surface area contributed by atoms with Crippen molar-refractivity contribution in [1.82, 2.24) is 10.2 Å². The molecule has 138 valence electrons. The minimum absolute atomic E-state index is 0.0370. The zero-order valence-electron chi connectivity index (χ0n) is 15.4. The van der Waals surface area contributed by atoms with Gasteiger partial charge in [0.2, 0.25) is 6.35 Å². The van der Waals surface area contributed by atoms with Crippen LogP contribution in [0.2, 0.25) is 18.1 Å². The zero-order chi connectivity index (χ0) is 18.3. The Kier molecular flexibility index (Phi) is 5.46. The van der Waals surface area contributed by atoms with E-state index in [1.54, 1.807) is 18.0 Å². The van der Waals surface area contributed by atoms with Gasteiger partial charge in [-0.15, -0.1) is 0 Å². The van der Waals surface area contributed by atoms with Crippen LogP contribution in [-0.2, 0) is 14.0 Å². The van der Waals surface area contributed by atoms with Gasteiger partial charge in [-0.3, -0.25) is 4.79 Å². The van der Waals surface area contributed by atoms with Crippen LogP contribution >= 0.6 is 0 Å². The molecular formula is C16H30N2O5Si. The first-order valence-electron chi connectivity index (χ1n) is 8.35. The predicted octanol–water partition coefficient (Wildman–Crippen LogP) is 1.10. The monoisotopic (exact) mass is 358 g/mol. The molecule has 3 N–H and O–H groups in total. The molecule has 2 heterocycles. The smallest absolute Gasteiger partial charge is 0.251 e. The van der Waals surface area contributed by atoms with Gasteiger partial charge < -0.3 is 29.6 Å². The van der Waals surface area contributed by atoms with E-state index in [2.05, 4.69) is 39.2 Å². The molecule has 8 heteroatoms. The second-order valence-corrected chi connectivity index (χ2v) is 12.8. The van der Waals surface area contributed by atoms with Crippen molar-refractivity contribution >= 4 is 14.2 Å². The molecule has 0 aliphatic carbocycles.